The van der Waals surface area contributed by atoms with Gasteiger partial charge in [0.25, 0.3) is 0 Å². The minimum Gasteiger partial charge on any atom is -0.497 e. The zero-order valence-electron chi connectivity index (χ0n) is 10.7. The van der Waals surface area contributed by atoms with E-state index >= 15 is 0 Å². The summed E-state index contributed by atoms with van der Waals surface area (Å²) in [5.41, 5.74) is 9.94. The highest BCUT2D eigenvalue weighted by atomic mass is 16.5. The van der Waals surface area contributed by atoms with Crippen molar-refractivity contribution in [3.63, 3.8) is 0 Å². The molecule has 18 heavy (non-hydrogen) atoms. The predicted molar refractivity (Wildman–Crippen MR) is 76.5 cm³/mol. The molecule has 94 valence electrons. The second-order valence-corrected chi connectivity index (χ2v) is 4.09. The Kier molecular flexibility index (Phi) is 3.72. The summed E-state index contributed by atoms with van der Waals surface area (Å²) in [6, 6.07) is 13.9. The normalized spacial score (nSPS) is 10.1. The molecule has 0 spiro atoms. The number of hydrogen-bond donors (Lipinski definition) is 2. The van der Waals surface area contributed by atoms with Gasteiger partial charge in [-0.2, -0.15) is 0 Å². The molecule has 0 fully saturated rings. The lowest BCUT2D eigenvalue weighted by Crippen LogP contribution is -1.99. The molecule has 0 aliphatic rings. The van der Waals surface area contributed by atoms with Crippen LogP contribution in [0.2, 0.25) is 0 Å². The van der Waals surface area contributed by atoms with Gasteiger partial charge in [-0.1, -0.05) is 25.1 Å². The molecule has 0 bridgehead atoms. The molecule has 0 aromatic heterocycles. The van der Waals surface area contributed by atoms with Crippen LogP contribution in [0, 0.1) is 0 Å². The fourth-order valence-electron chi connectivity index (χ4n) is 1.88. The summed E-state index contributed by atoms with van der Waals surface area (Å²) in [4.78, 5) is 0. The maximum atomic E-state index is 5.99. The molecule has 3 N–H and O–H groups in total. The smallest absolute Gasteiger partial charge is 0.121 e. The third-order valence-corrected chi connectivity index (χ3v) is 2.93. The van der Waals surface area contributed by atoms with Crippen molar-refractivity contribution in [3.8, 4) is 5.75 Å². The van der Waals surface area contributed by atoms with Gasteiger partial charge in [-0.15, -0.1) is 0 Å². The summed E-state index contributed by atoms with van der Waals surface area (Å²) < 4.78 is 5.14. The van der Waals surface area contributed by atoms with E-state index in [1.165, 1.54) is 5.56 Å². The minimum atomic E-state index is 0.681. The molecular weight excluding hydrogens is 224 g/mol. The molecule has 0 unspecified atom stereocenters. The van der Waals surface area contributed by atoms with Gasteiger partial charge in [0, 0.05) is 11.8 Å². The number of nitrogen functional groups attached to an aromatic ring is 1. The molecule has 0 saturated heterocycles. The number of benzene rings is 2. The van der Waals surface area contributed by atoms with Crippen LogP contribution in [0.15, 0.2) is 42.5 Å². The van der Waals surface area contributed by atoms with Crippen LogP contribution >= 0.6 is 0 Å². The van der Waals surface area contributed by atoms with Crippen molar-refractivity contribution < 1.29 is 4.74 Å². The van der Waals surface area contributed by atoms with Crippen molar-refractivity contribution in [2.75, 3.05) is 18.2 Å². The first-order chi connectivity index (χ1) is 8.74. The van der Waals surface area contributed by atoms with Crippen LogP contribution in [-0.2, 0) is 6.42 Å². The van der Waals surface area contributed by atoms with Gasteiger partial charge in [-0.05, 0) is 30.2 Å². The number of aryl methyl sites for hydroxylation is 1. The van der Waals surface area contributed by atoms with Gasteiger partial charge < -0.3 is 15.8 Å². The Morgan fingerprint density at radius 1 is 1.11 bits per heavy atom. The van der Waals surface area contributed by atoms with Crippen molar-refractivity contribution in [1.29, 1.82) is 0 Å². The molecule has 0 amide bonds. The number of para-hydroxylation sites is 1. The van der Waals surface area contributed by atoms with E-state index in [1.807, 2.05) is 30.3 Å². The Hall–Kier alpha value is -2.16. The van der Waals surface area contributed by atoms with Crippen LogP contribution in [-0.4, -0.2) is 7.11 Å². The molecule has 2 aromatic rings. The molecule has 0 atom stereocenters. The summed E-state index contributed by atoms with van der Waals surface area (Å²) in [5, 5.41) is 3.36. The first-order valence-electron chi connectivity index (χ1n) is 6.03. The van der Waals surface area contributed by atoms with Crippen molar-refractivity contribution in [1.82, 2.24) is 0 Å². The number of anilines is 3. The third-order valence-electron chi connectivity index (χ3n) is 2.93. The van der Waals surface area contributed by atoms with E-state index in [9.17, 15) is 0 Å². The monoisotopic (exact) mass is 242 g/mol. The lowest BCUT2D eigenvalue weighted by molar-refractivity contribution is 0.415. The molecule has 0 heterocycles. The Bertz CT molecular complexity index is 538. The van der Waals surface area contributed by atoms with Gasteiger partial charge in [-0.25, -0.2) is 0 Å². The Morgan fingerprint density at radius 3 is 2.56 bits per heavy atom. The first kappa shape index (κ1) is 12.3. The zero-order chi connectivity index (χ0) is 13.0. The zero-order valence-corrected chi connectivity index (χ0v) is 10.7. The lowest BCUT2D eigenvalue weighted by Gasteiger charge is -2.13. The fourth-order valence-corrected chi connectivity index (χ4v) is 1.88. The standard InChI is InChI=1S/C15H18N2O/c1-3-11-6-4-5-7-14(11)17-15-9-8-12(18-2)10-13(15)16/h4-10,17H,3,16H2,1-2H3. The molecule has 0 aliphatic heterocycles. The van der Waals surface area contributed by atoms with Gasteiger partial charge in [0.05, 0.1) is 18.5 Å². The second-order valence-electron chi connectivity index (χ2n) is 4.09. The van der Waals surface area contributed by atoms with E-state index < -0.39 is 0 Å². The van der Waals surface area contributed by atoms with E-state index in [2.05, 4.69) is 24.4 Å². The topological polar surface area (TPSA) is 47.3 Å². The maximum absolute atomic E-state index is 5.99. The molecule has 0 aliphatic carbocycles. The van der Waals surface area contributed by atoms with E-state index in [1.54, 1.807) is 7.11 Å². The molecular formula is C15H18N2O. The highest BCUT2D eigenvalue weighted by Gasteiger charge is 2.04. The average Bonchev–Trinajstić information content (AvgIpc) is 2.41. The highest BCUT2D eigenvalue weighted by molar-refractivity contribution is 5.75. The maximum Gasteiger partial charge on any atom is 0.121 e. The molecule has 3 heteroatoms. The van der Waals surface area contributed by atoms with Crippen molar-refractivity contribution in [2.45, 2.75) is 13.3 Å². The van der Waals surface area contributed by atoms with E-state index in [0.29, 0.717) is 5.69 Å². The van der Waals surface area contributed by atoms with E-state index in [4.69, 9.17) is 10.5 Å². The minimum absolute atomic E-state index is 0.681. The largest absolute Gasteiger partial charge is 0.497 e. The summed E-state index contributed by atoms with van der Waals surface area (Å²) in [5.74, 6) is 0.766. The van der Waals surface area contributed by atoms with Crippen LogP contribution in [0.4, 0.5) is 17.1 Å². The number of rotatable bonds is 4. The summed E-state index contributed by atoms with van der Waals surface area (Å²) in [6.07, 6.45) is 0.985. The Labute approximate surface area is 108 Å². The fraction of sp³-hybridized carbons (Fsp3) is 0.200. The molecule has 0 radical (unpaired) electrons. The van der Waals surface area contributed by atoms with Crippen LogP contribution in [0.5, 0.6) is 5.75 Å². The molecule has 0 saturated carbocycles. The number of nitrogens with two attached hydrogens (primary N) is 1. The average molecular weight is 242 g/mol. The van der Waals surface area contributed by atoms with Crippen molar-refractivity contribution in [2.24, 2.45) is 0 Å². The van der Waals surface area contributed by atoms with Crippen LogP contribution in [0.25, 0.3) is 0 Å². The Morgan fingerprint density at radius 2 is 1.89 bits per heavy atom. The van der Waals surface area contributed by atoms with Gasteiger partial charge in [0.1, 0.15) is 5.75 Å². The van der Waals surface area contributed by atoms with Crippen LogP contribution < -0.4 is 15.8 Å². The highest BCUT2D eigenvalue weighted by Crippen LogP contribution is 2.28. The van der Waals surface area contributed by atoms with Crippen molar-refractivity contribution >= 4 is 17.1 Å². The quantitative estimate of drug-likeness (QED) is 0.805. The van der Waals surface area contributed by atoms with Gasteiger partial charge in [-0.3, -0.25) is 0 Å². The summed E-state index contributed by atoms with van der Waals surface area (Å²) >= 11 is 0. The number of methoxy groups -OCH3 is 1. The second kappa shape index (κ2) is 5.45. The van der Waals surface area contributed by atoms with Crippen LogP contribution in [0.1, 0.15) is 12.5 Å². The van der Waals surface area contributed by atoms with Crippen LogP contribution in [0.3, 0.4) is 0 Å². The molecule has 2 aromatic carbocycles. The van der Waals surface area contributed by atoms with Crippen molar-refractivity contribution in [3.05, 3.63) is 48.0 Å². The van der Waals surface area contributed by atoms with E-state index in [-0.39, 0.29) is 0 Å². The molecule has 3 nitrogen and oxygen atoms in total. The summed E-state index contributed by atoms with van der Waals surface area (Å²) in [7, 11) is 1.63. The number of hydrogen-bond acceptors (Lipinski definition) is 3. The van der Waals surface area contributed by atoms with Gasteiger partial charge in [0.2, 0.25) is 0 Å². The number of nitrogens with one attached hydrogen (secondary N) is 1. The SMILES string of the molecule is CCc1ccccc1Nc1ccc(OC)cc1N. The number of ether oxygens (including phenoxy) is 1. The third kappa shape index (κ3) is 2.56. The summed E-state index contributed by atoms with van der Waals surface area (Å²) in [6.45, 7) is 2.14. The van der Waals surface area contributed by atoms with E-state index in [0.717, 1.165) is 23.5 Å². The predicted octanol–water partition coefficient (Wildman–Crippen LogP) is 3.58. The Balaban J connectivity index is 2.28. The van der Waals surface area contributed by atoms with Gasteiger partial charge in [0.15, 0.2) is 0 Å². The molecule has 2 rings (SSSR count). The lowest BCUT2D eigenvalue weighted by atomic mass is 10.1. The first-order valence-corrected chi connectivity index (χ1v) is 6.03. The van der Waals surface area contributed by atoms with Gasteiger partial charge >= 0.3 is 0 Å².